The molecule has 0 heterocycles. The van der Waals surface area contributed by atoms with Crippen LogP contribution in [0.4, 0.5) is 0 Å². The number of carbonyl (C=O) groups is 3. The van der Waals surface area contributed by atoms with Gasteiger partial charge >= 0.3 is 11.9 Å². The molecule has 0 fully saturated rings. The van der Waals surface area contributed by atoms with E-state index in [4.69, 9.17) is 23.7 Å². The van der Waals surface area contributed by atoms with Gasteiger partial charge in [-0.05, 0) is 109 Å². The maximum Gasteiger partial charge on any atom is 0.314 e. The van der Waals surface area contributed by atoms with E-state index in [2.05, 4.69) is 0 Å². The van der Waals surface area contributed by atoms with Crippen LogP contribution in [0.1, 0.15) is 96.6 Å². The summed E-state index contributed by atoms with van der Waals surface area (Å²) >= 11 is 0. The first-order chi connectivity index (χ1) is 19.0. The zero-order valence-electron chi connectivity index (χ0n) is 26.0. The van der Waals surface area contributed by atoms with Crippen molar-refractivity contribution in [2.24, 2.45) is 10.8 Å². The van der Waals surface area contributed by atoms with E-state index in [0.29, 0.717) is 22.8 Å². The normalized spacial score (nSPS) is 12.0. The second kappa shape index (κ2) is 14.2. The Morgan fingerprint density at radius 2 is 1.29 bits per heavy atom. The van der Waals surface area contributed by atoms with E-state index in [-0.39, 0.29) is 43.3 Å². The van der Waals surface area contributed by atoms with E-state index in [0.717, 1.165) is 11.1 Å². The van der Waals surface area contributed by atoms with E-state index in [1.807, 2.05) is 33.8 Å². The summed E-state index contributed by atoms with van der Waals surface area (Å²) < 4.78 is 27.7. The summed E-state index contributed by atoms with van der Waals surface area (Å²) in [5, 5.41) is 0. The van der Waals surface area contributed by atoms with Gasteiger partial charge in [-0.3, -0.25) is 14.4 Å². The summed E-state index contributed by atoms with van der Waals surface area (Å²) in [5.74, 6) is 0.735. The maximum atomic E-state index is 12.9. The Balaban J connectivity index is 2.19. The van der Waals surface area contributed by atoms with Crippen molar-refractivity contribution in [2.75, 3.05) is 13.6 Å². The van der Waals surface area contributed by atoms with Crippen LogP contribution in [0.15, 0.2) is 42.5 Å². The molecule has 8 heteroatoms. The average molecular weight is 569 g/mol. The number of allylic oxidation sites excluding steroid dienone is 1. The van der Waals surface area contributed by atoms with Crippen molar-refractivity contribution in [3.63, 3.8) is 0 Å². The molecule has 2 aromatic rings. The first kappa shape index (κ1) is 33.4. The molecule has 0 aliphatic carbocycles. The molecule has 41 heavy (non-hydrogen) atoms. The Morgan fingerprint density at radius 1 is 0.756 bits per heavy atom. The molecule has 0 aliphatic rings. The van der Waals surface area contributed by atoms with Crippen molar-refractivity contribution in [1.82, 2.24) is 0 Å². The van der Waals surface area contributed by atoms with Gasteiger partial charge in [0.2, 0.25) is 13.6 Å². The second-order valence-corrected chi connectivity index (χ2v) is 12.4. The van der Waals surface area contributed by atoms with Crippen LogP contribution in [-0.2, 0) is 19.1 Å². The fourth-order valence-corrected chi connectivity index (χ4v) is 3.37. The molecule has 2 aromatic carbocycles. The molecule has 0 spiro atoms. The summed E-state index contributed by atoms with van der Waals surface area (Å²) in [6.07, 6.45) is 3.08. The molecule has 0 aromatic heterocycles. The van der Waals surface area contributed by atoms with Crippen LogP contribution in [0.2, 0.25) is 0 Å². The molecular weight excluding hydrogens is 524 g/mol. The molecule has 0 radical (unpaired) electrons. The van der Waals surface area contributed by atoms with Crippen molar-refractivity contribution < 1.29 is 38.1 Å². The van der Waals surface area contributed by atoms with Crippen LogP contribution in [-0.4, -0.2) is 37.4 Å². The molecule has 0 bridgehead atoms. The first-order valence-corrected chi connectivity index (χ1v) is 13.8. The highest BCUT2D eigenvalue weighted by Gasteiger charge is 2.24. The highest BCUT2D eigenvalue weighted by atomic mass is 16.7. The van der Waals surface area contributed by atoms with E-state index in [1.54, 1.807) is 78.0 Å². The van der Waals surface area contributed by atoms with Gasteiger partial charge in [-0.2, -0.15) is 0 Å². The zero-order valence-corrected chi connectivity index (χ0v) is 26.0. The van der Waals surface area contributed by atoms with Gasteiger partial charge in [0.25, 0.3) is 0 Å². The van der Waals surface area contributed by atoms with Crippen molar-refractivity contribution >= 4 is 23.8 Å². The standard InChI is InChI=1S/C33H44O8/c1-21(2)26-17-24(28(41-22(3)4)18-29(26)38-20-40-31(36)33(8,9)10)13-16-27(34)23-11-14-25(15-12-23)37-19-39-30(35)32(5,6)7/h11-18,21-22H,19-20H2,1-10H3. The predicted octanol–water partition coefficient (Wildman–Crippen LogP) is 7.34. The fourth-order valence-electron chi connectivity index (χ4n) is 3.37. The van der Waals surface area contributed by atoms with Gasteiger partial charge in [-0.15, -0.1) is 0 Å². The lowest BCUT2D eigenvalue weighted by atomic mass is 9.97. The van der Waals surface area contributed by atoms with Gasteiger partial charge in [0.15, 0.2) is 5.78 Å². The number of benzene rings is 2. The van der Waals surface area contributed by atoms with Crippen LogP contribution < -0.4 is 14.2 Å². The Labute approximate surface area is 244 Å². The van der Waals surface area contributed by atoms with Crippen LogP contribution >= 0.6 is 0 Å². The van der Waals surface area contributed by atoms with Gasteiger partial charge in [0.1, 0.15) is 17.2 Å². The van der Waals surface area contributed by atoms with E-state index < -0.39 is 10.8 Å². The molecule has 0 saturated heterocycles. The lowest BCUT2D eigenvalue weighted by Gasteiger charge is -2.21. The molecule has 0 atom stereocenters. The minimum Gasteiger partial charge on any atom is -0.490 e. The van der Waals surface area contributed by atoms with Crippen LogP contribution in [0.5, 0.6) is 17.2 Å². The highest BCUT2D eigenvalue weighted by Crippen LogP contribution is 2.35. The van der Waals surface area contributed by atoms with E-state index in [1.165, 1.54) is 6.08 Å². The Kier molecular flexibility index (Phi) is 11.6. The Morgan fingerprint density at radius 3 is 1.78 bits per heavy atom. The van der Waals surface area contributed by atoms with Gasteiger partial charge in [-0.25, -0.2) is 0 Å². The van der Waals surface area contributed by atoms with Gasteiger partial charge in [0, 0.05) is 17.2 Å². The topological polar surface area (TPSA) is 97.4 Å². The molecular formula is C33H44O8. The molecule has 2 rings (SSSR count). The van der Waals surface area contributed by atoms with E-state index in [9.17, 15) is 14.4 Å². The summed E-state index contributed by atoms with van der Waals surface area (Å²) in [4.78, 5) is 36.9. The monoisotopic (exact) mass is 568 g/mol. The number of esters is 2. The zero-order chi connectivity index (χ0) is 31.0. The SMILES string of the molecule is CC(C)Oc1cc(OCOC(=O)C(C)(C)C)c(C(C)C)cc1C=CC(=O)c1ccc(OCOC(=O)C(C)(C)C)cc1. The van der Waals surface area contributed by atoms with Gasteiger partial charge in [0.05, 0.1) is 16.9 Å². The third-order valence-electron chi connectivity index (χ3n) is 5.72. The maximum absolute atomic E-state index is 12.9. The molecule has 8 nitrogen and oxygen atoms in total. The lowest BCUT2D eigenvalue weighted by molar-refractivity contribution is -0.160. The van der Waals surface area contributed by atoms with E-state index >= 15 is 0 Å². The molecule has 0 unspecified atom stereocenters. The molecule has 0 aliphatic heterocycles. The number of hydrogen-bond donors (Lipinski definition) is 0. The summed E-state index contributed by atoms with van der Waals surface area (Å²) in [6.45, 7) is 18.1. The summed E-state index contributed by atoms with van der Waals surface area (Å²) in [7, 11) is 0. The largest absolute Gasteiger partial charge is 0.490 e. The Bertz CT molecular complexity index is 1230. The summed E-state index contributed by atoms with van der Waals surface area (Å²) in [6, 6.07) is 10.3. The lowest BCUT2D eigenvalue weighted by Crippen LogP contribution is -2.24. The molecule has 0 saturated carbocycles. The van der Waals surface area contributed by atoms with Gasteiger partial charge < -0.3 is 23.7 Å². The third-order valence-corrected chi connectivity index (χ3v) is 5.72. The Hall–Kier alpha value is -3.81. The quantitative estimate of drug-likeness (QED) is 0.113. The van der Waals surface area contributed by atoms with Crippen LogP contribution in [0.3, 0.4) is 0 Å². The number of hydrogen-bond acceptors (Lipinski definition) is 8. The van der Waals surface area contributed by atoms with Crippen molar-refractivity contribution in [2.45, 2.75) is 81.3 Å². The average Bonchev–Trinajstić information content (AvgIpc) is 2.86. The minimum absolute atomic E-state index is 0.0921. The van der Waals surface area contributed by atoms with Gasteiger partial charge in [-0.1, -0.05) is 13.8 Å². The van der Waals surface area contributed by atoms with Crippen molar-refractivity contribution in [3.05, 3.63) is 59.2 Å². The highest BCUT2D eigenvalue weighted by molar-refractivity contribution is 6.07. The van der Waals surface area contributed by atoms with Crippen LogP contribution in [0, 0.1) is 10.8 Å². The molecule has 0 amide bonds. The number of ketones is 1. The number of rotatable bonds is 12. The van der Waals surface area contributed by atoms with Crippen molar-refractivity contribution in [3.8, 4) is 17.2 Å². The third kappa shape index (κ3) is 10.6. The first-order valence-electron chi connectivity index (χ1n) is 13.8. The number of carbonyl (C=O) groups excluding carboxylic acids is 3. The van der Waals surface area contributed by atoms with Crippen molar-refractivity contribution in [1.29, 1.82) is 0 Å². The predicted molar refractivity (Wildman–Crippen MR) is 158 cm³/mol. The number of ether oxygens (including phenoxy) is 5. The smallest absolute Gasteiger partial charge is 0.314 e. The van der Waals surface area contributed by atoms with Crippen LogP contribution in [0.25, 0.3) is 6.08 Å². The fraction of sp³-hybridized carbons (Fsp3) is 0.485. The summed E-state index contributed by atoms with van der Waals surface area (Å²) in [5.41, 5.74) is 0.822. The minimum atomic E-state index is -0.633. The second-order valence-electron chi connectivity index (χ2n) is 12.4. The molecule has 224 valence electrons. The molecule has 0 N–H and O–H groups in total.